The Kier molecular flexibility index (Phi) is 5.69. The van der Waals surface area contributed by atoms with Crippen molar-refractivity contribution in [3.8, 4) is 0 Å². The fraction of sp³-hybridized carbons (Fsp3) is 0.625. The zero-order chi connectivity index (χ0) is 12.6. The number of aryl methyl sites for hydroxylation is 1. The van der Waals surface area contributed by atoms with Gasteiger partial charge in [0.05, 0.1) is 0 Å². The van der Waals surface area contributed by atoms with E-state index in [1.54, 1.807) is 0 Å². The molecule has 100 valence electrons. The molecule has 1 fully saturated rings. The van der Waals surface area contributed by atoms with E-state index in [-0.39, 0.29) is 0 Å². The summed E-state index contributed by atoms with van der Waals surface area (Å²) >= 11 is 0. The van der Waals surface area contributed by atoms with Crippen molar-refractivity contribution < 1.29 is 0 Å². The average Bonchev–Trinajstić information content (AvgIpc) is 3.20. The number of hydrogen-bond acceptors (Lipinski definition) is 2. The van der Waals surface area contributed by atoms with Gasteiger partial charge in [-0.25, -0.2) is 0 Å². The molecule has 1 saturated carbocycles. The van der Waals surface area contributed by atoms with Crippen molar-refractivity contribution in [2.75, 3.05) is 13.1 Å². The van der Waals surface area contributed by atoms with E-state index in [0.717, 1.165) is 19.1 Å². The topological polar surface area (TPSA) is 24.1 Å². The van der Waals surface area contributed by atoms with Gasteiger partial charge in [-0.3, -0.25) is 0 Å². The van der Waals surface area contributed by atoms with Crippen molar-refractivity contribution in [1.29, 1.82) is 0 Å². The van der Waals surface area contributed by atoms with Gasteiger partial charge in [-0.2, -0.15) is 0 Å². The van der Waals surface area contributed by atoms with E-state index >= 15 is 0 Å². The zero-order valence-corrected chi connectivity index (χ0v) is 11.5. The first-order valence-electron chi connectivity index (χ1n) is 7.40. The maximum atomic E-state index is 3.57. The lowest BCUT2D eigenvalue weighted by Gasteiger charge is -2.06. The van der Waals surface area contributed by atoms with Crippen LogP contribution in [0.15, 0.2) is 24.3 Å². The van der Waals surface area contributed by atoms with Gasteiger partial charge in [-0.05, 0) is 56.3 Å². The molecule has 0 heterocycles. The average molecular weight is 246 g/mol. The van der Waals surface area contributed by atoms with Crippen molar-refractivity contribution >= 4 is 0 Å². The number of rotatable bonds is 9. The molecule has 0 bridgehead atoms. The molecule has 2 nitrogen and oxygen atoms in total. The minimum absolute atomic E-state index is 0.855. The summed E-state index contributed by atoms with van der Waals surface area (Å²) in [5, 5.41) is 6.95. The number of hydrogen-bond donors (Lipinski definition) is 2. The second kappa shape index (κ2) is 7.55. The van der Waals surface area contributed by atoms with Crippen LogP contribution in [0.2, 0.25) is 0 Å². The molecule has 0 aliphatic heterocycles. The molecule has 0 amide bonds. The van der Waals surface area contributed by atoms with Gasteiger partial charge < -0.3 is 10.6 Å². The highest BCUT2D eigenvalue weighted by atomic mass is 14.9. The standard InChI is InChI=1S/C16H26N2/c1-2-17-13-15-8-5-7-14(12-15)6-3-4-11-18-16-9-10-16/h5,7-8,12,16-18H,2-4,6,9-11,13H2,1H3. The largest absolute Gasteiger partial charge is 0.314 e. The normalized spacial score (nSPS) is 14.9. The van der Waals surface area contributed by atoms with Crippen LogP contribution in [0.5, 0.6) is 0 Å². The molecule has 0 saturated heterocycles. The summed E-state index contributed by atoms with van der Waals surface area (Å²) in [6.07, 6.45) is 6.60. The molecule has 2 N–H and O–H groups in total. The summed E-state index contributed by atoms with van der Waals surface area (Å²) in [4.78, 5) is 0. The maximum Gasteiger partial charge on any atom is 0.0205 e. The van der Waals surface area contributed by atoms with Crippen molar-refractivity contribution in [2.24, 2.45) is 0 Å². The first kappa shape index (κ1) is 13.6. The van der Waals surface area contributed by atoms with Gasteiger partial charge in [0.15, 0.2) is 0 Å². The number of unbranched alkanes of at least 4 members (excludes halogenated alkanes) is 1. The third kappa shape index (κ3) is 5.19. The van der Waals surface area contributed by atoms with E-state index in [0.29, 0.717) is 0 Å². The van der Waals surface area contributed by atoms with E-state index in [2.05, 4.69) is 41.8 Å². The lowest BCUT2D eigenvalue weighted by molar-refractivity contribution is 0.619. The van der Waals surface area contributed by atoms with Gasteiger partial charge >= 0.3 is 0 Å². The van der Waals surface area contributed by atoms with Gasteiger partial charge in [-0.15, -0.1) is 0 Å². The van der Waals surface area contributed by atoms with Gasteiger partial charge in [0.1, 0.15) is 0 Å². The summed E-state index contributed by atoms with van der Waals surface area (Å²) in [6, 6.07) is 9.85. The van der Waals surface area contributed by atoms with Crippen LogP contribution in [-0.2, 0) is 13.0 Å². The van der Waals surface area contributed by atoms with Crippen LogP contribution in [-0.4, -0.2) is 19.1 Å². The highest BCUT2D eigenvalue weighted by Gasteiger charge is 2.19. The lowest BCUT2D eigenvalue weighted by Crippen LogP contribution is -2.17. The molecule has 1 aromatic rings. The molecular weight excluding hydrogens is 220 g/mol. The van der Waals surface area contributed by atoms with Crippen molar-refractivity contribution in [1.82, 2.24) is 10.6 Å². The third-order valence-electron chi connectivity index (χ3n) is 3.47. The molecule has 18 heavy (non-hydrogen) atoms. The monoisotopic (exact) mass is 246 g/mol. The van der Waals surface area contributed by atoms with Crippen LogP contribution in [0.25, 0.3) is 0 Å². The highest BCUT2D eigenvalue weighted by molar-refractivity contribution is 5.23. The zero-order valence-electron chi connectivity index (χ0n) is 11.5. The lowest BCUT2D eigenvalue weighted by atomic mass is 10.1. The number of benzene rings is 1. The van der Waals surface area contributed by atoms with Crippen molar-refractivity contribution in [3.63, 3.8) is 0 Å². The Morgan fingerprint density at radius 3 is 2.78 bits per heavy atom. The van der Waals surface area contributed by atoms with E-state index in [4.69, 9.17) is 0 Å². The van der Waals surface area contributed by atoms with Gasteiger partial charge in [0, 0.05) is 12.6 Å². The van der Waals surface area contributed by atoms with E-state index in [9.17, 15) is 0 Å². The summed E-state index contributed by atoms with van der Waals surface area (Å²) in [5.74, 6) is 0. The number of nitrogens with one attached hydrogen (secondary N) is 2. The molecule has 0 atom stereocenters. The Balaban J connectivity index is 1.64. The van der Waals surface area contributed by atoms with Gasteiger partial charge in [-0.1, -0.05) is 31.2 Å². The van der Waals surface area contributed by atoms with Crippen LogP contribution in [0, 0.1) is 0 Å². The van der Waals surface area contributed by atoms with Crippen LogP contribution >= 0.6 is 0 Å². The fourth-order valence-corrected chi connectivity index (χ4v) is 2.21. The van der Waals surface area contributed by atoms with Crippen LogP contribution in [0.3, 0.4) is 0 Å². The molecule has 0 unspecified atom stereocenters. The van der Waals surface area contributed by atoms with Crippen LogP contribution in [0.4, 0.5) is 0 Å². The highest BCUT2D eigenvalue weighted by Crippen LogP contribution is 2.18. The Morgan fingerprint density at radius 1 is 1.17 bits per heavy atom. The van der Waals surface area contributed by atoms with E-state index in [1.807, 2.05) is 0 Å². The summed E-state index contributed by atoms with van der Waals surface area (Å²) < 4.78 is 0. The van der Waals surface area contributed by atoms with E-state index < -0.39 is 0 Å². The van der Waals surface area contributed by atoms with Gasteiger partial charge in [0.2, 0.25) is 0 Å². The Labute approximate surface area is 111 Å². The first-order chi connectivity index (χ1) is 8.88. The predicted molar refractivity (Wildman–Crippen MR) is 77.8 cm³/mol. The molecule has 1 aliphatic rings. The van der Waals surface area contributed by atoms with Crippen molar-refractivity contribution in [3.05, 3.63) is 35.4 Å². The van der Waals surface area contributed by atoms with Gasteiger partial charge in [0.25, 0.3) is 0 Å². The summed E-state index contributed by atoms with van der Waals surface area (Å²) in [7, 11) is 0. The van der Waals surface area contributed by atoms with E-state index in [1.165, 1.54) is 49.8 Å². The second-order valence-electron chi connectivity index (χ2n) is 5.29. The SMILES string of the molecule is CCNCc1cccc(CCCCNC2CC2)c1. The minimum atomic E-state index is 0.855. The molecule has 2 rings (SSSR count). The molecule has 1 aromatic carbocycles. The first-order valence-corrected chi connectivity index (χ1v) is 7.40. The quantitative estimate of drug-likeness (QED) is 0.655. The van der Waals surface area contributed by atoms with Crippen molar-refractivity contribution in [2.45, 2.75) is 51.6 Å². The summed E-state index contributed by atoms with van der Waals surface area (Å²) in [5.41, 5.74) is 2.89. The smallest absolute Gasteiger partial charge is 0.0205 e. The van der Waals surface area contributed by atoms with Crippen LogP contribution in [0.1, 0.15) is 43.7 Å². The molecule has 1 aliphatic carbocycles. The fourth-order valence-electron chi connectivity index (χ4n) is 2.21. The van der Waals surface area contributed by atoms with Crippen LogP contribution < -0.4 is 10.6 Å². The maximum absolute atomic E-state index is 3.57. The Morgan fingerprint density at radius 2 is 2.00 bits per heavy atom. The Hall–Kier alpha value is -0.860. The molecule has 0 aromatic heterocycles. The summed E-state index contributed by atoms with van der Waals surface area (Å²) in [6.45, 7) is 5.38. The molecule has 2 heteroatoms. The third-order valence-corrected chi connectivity index (χ3v) is 3.47. The molecule has 0 radical (unpaired) electrons. The molecular formula is C16H26N2. The predicted octanol–water partition coefficient (Wildman–Crippen LogP) is 2.87. The molecule has 0 spiro atoms. The minimum Gasteiger partial charge on any atom is -0.314 e. The second-order valence-corrected chi connectivity index (χ2v) is 5.29. The Bertz CT molecular complexity index is 345.